The third kappa shape index (κ3) is 5.43. The second-order valence-electron chi connectivity index (χ2n) is 4.03. The van der Waals surface area contributed by atoms with Gasteiger partial charge in [-0.1, -0.05) is 19.3 Å². The van der Waals surface area contributed by atoms with Gasteiger partial charge in [0.2, 0.25) is 0 Å². The van der Waals surface area contributed by atoms with Crippen molar-refractivity contribution in [2.45, 2.75) is 38.1 Å². The molecule has 16 heavy (non-hydrogen) atoms. The Morgan fingerprint density at radius 3 is 2.31 bits per heavy atom. The van der Waals surface area contributed by atoms with Crippen molar-refractivity contribution >= 4 is 12.1 Å². The van der Waals surface area contributed by atoms with E-state index < -0.39 is 6.03 Å². The van der Waals surface area contributed by atoms with Crippen LogP contribution in [-0.2, 0) is 0 Å². The monoisotopic (exact) mass is 228 g/mol. The van der Waals surface area contributed by atoms with Crippen LogP contribution in [0, 0.1) is 0 Å². The van der Waals surface area contributed by atoms with Gasteiger partial charge in [0.15, 0.2) is 0 Å². The van der Waals surface area contributed by atoms with E-state index in [1.807, 2.05) is 0 Å². The molecule has 0 bridgehead atoms. The highest BCUT2D eigenvalue weighted by molar-refractivity contribution is 5.74. The maximum Gasteiger partial charge on any atom is 0.315 e. The van der Waals surface area contributed by atoms with Crippen LogP contribution in [0.2, 0.25) is 0 Å². The summed E-state index contributed by atoms with van der Waals surface area (Å²) in [5.41, 5.74) is 4.88. The lowest BCUT2D eigenvalue weighted by molar-refractivity contribution is 0.232. The highest BCUT2D eigenvalue weighted by Crippen LogP contribution is 2.16. The first kappa shape index (κ1) is 12.6. The molecule has 0 aromatic heterocycles. The maximum absolute atomic E-state index is 11.4. The molecule has 5 N–H and O–H groups in total. The van der Waals surface area contributed by atoms with Gasteiger partial charge in [-0.05, 0) is 12.8 Å². The van der Waals surface area contributed by atoms with Crippen LogP contribution in [0.1, 0.15) is 32.1 Å². The smallest absolute Gasteiger partial charge is 0.315 e. The molecule has 0 spiro atoms. The van der Waals surface area contributed by atoms with Crippen LogP contribution in [0.3, 0.4) is 0 Å². The molecule has 0 radical (unpaired) electrons. The largest absolute Gasteiger partial charge is 0.352 e. The number of carbonyl (C=O) groups excluding carboxylic acids is 2. The molecule has 6 heteroatoms. The summed E-state index contributed by atoms with van der Waals surface area (Å²) in [4.78, 5) is 21.7. The first-order valence-electron chi connectivity index (χ1n) is 5.76. The molecule has 4 amide bonds. The van der Waals surface area contributed by atoms with E-state index in [1.54, 1.807) is 0 Å². The maximum atomic E-state index is 11.4. The van der Waals surface area contributed by atoms with E-state index in [0.717, 1.165) is 12.8 Å². The number of nitrogens with two attached hydrogens (primary N) is 1. The first-order chi connectivity index (χ1) is 7.68. The summed E-state index contributed by atoms with van der Waals surface area (Å²) in [6, 6.07) is -0.439. The minimum Gasteiger partial charge on any atom is -0.352 e. The van der Waals surface area contributed by atoms with Gasteiger partial charge in [0.1, 0.15) is 0 Å². The Bertz CT molecular complexity index is 239. The van der Waals surface area contributed by atoms with Gasteiger partial charge in [-0.15, -0.1) is 0 Å². The lowest BCUT2D eigenvalue weighted by Crippen LogP contribution is -2.45. The Balaban J connectivity index is 2.03. The van der Waals surface area contributed by atoms with E-state index >= 15 is 0 Å². The van der Waals surface area contributed by atoms with Gasteiger partial charge < -0.3 is 21.7 Å². The number of rotatable bonds is 4. The standard InChI is InChI=1S/C10H20N4O2/c11-9(15)12-6-7-13-10(16)14-8-4-2-1-3-5-8/h8H,1-7H2,(H3,11,12,15)(H2,13,14,16). The van der Waals surface area contributed by atoms with Crippen LogP contribution < -0.4 is 21.7 Å². The summed E-state index contributed by atoms with van der Waals surface area (Å²) >= 11 is 0. The second-order valence-corrected chi connectivity index (χ2v) is 4.03. The van der Waals surface area contributed by atoms with Gasteiger partial charge in [-0.2, -0.15) is 0 Å². The molecule has 0 aliphatic heterocycles. The quantitative estimate of drug-likeness (QED) is 0.520. The predicted molar refractivity (Wildman–Crippen MR) is 61.0 cm³/mol. The van der Waals surface area contributed by atoms with Gasteiger partial charge in [0.25, 0.3) is 0 Å². The van der Waals surface area contributed by atoms with Gasteiger partial charge in [-0.25, -0.2) is 9.59 Å². The van der Waals surface area contributed by atoms with Crippen LogP contribution in [0.15, 0.2) is 0 Å². The fourth-order valence-corrected chi connectivity index (χ4v) is 1.85. The highest BCUT2D eigenvalue weighted by atomic mass is 16.2. The van der Waals surface area contributed by atoms with Crippen molar-refractivity contribution in [1.82, 2.24) is 16.0 Å². The Morgan fingerprint density at radius 1 is 1.06 bits per heavy atom. The number of urea groups is 2. The van der Waals surface area contributed by atoms with Crippen LogP contribution in [0.25, 0.3) is 0 Å². The fraction of sp³-hybridized carbons (Fsp3) is 0.800. The molecule has 1 fully saturated rings. The SMILES string of the molecule is NC(=O)NCCNC(=O)NC1CCCCC1. The molecule has 0 heterocycles. The fourth-order valence-electron chi connectivity index (χ4n) is 1.85. The van der Waals surface area contributed by atoms with Crippen molar-refractivity contribution < 1.29 is 9.59 Å². The number of primary amides is 1. The summed E-state index contributed by atoms with van der Waals surface area (Å²) in [5, 5.41) is 7.98. The van der Waals surface area contributed by atoms with Gasteiger partial charge in [0, 0.05) is 19.1 Å². The van der Waals surface area contributed by atoms with Gasteiger partial charge in [-0.3, -0.25) is 0 Å². The average Bonchev–Trinajstić information content (AvgIpc) is 2.25. The molecule has 0 saturated heterocycles. The first-order valence-corrected chi connectivity index (χ1v) is 5.76. The highest BCUT2D eigenvalue weighted by Gasteiger charge is 2.14. The van der Waals surface area contributed by atoms with Crippen molar-refractivity contribution in [3.63, 3.8) is 0 Å². The Labute approximate surface area is 95.3 Å². The number of nitrogens with one attached hydrogen (secondary N) is 3. The summed E-state index contributed by atoms with van der Waals surface area (Å²) in [5.74, 6) is 0. The molecule has 92 valence electrons. The number of carbonyl (C=O) groups is 2. The van der Waals surface area contributed by atoms with Crippen LogP contribution in [-0.4, -0.2) is 31.2 Å². The molecule has 0 atom stereocenters. The van der Waals surface area contributed by atoms with Crippen LogP contribution in [0.4, 0.5) is 9.59 Å². The van der Waals surface area contributed by atoms with Crippen LogP contribution in [0.5, 0.6) is 0 Å². The molecule has 6 nitrogen and oxygen atoms in total. The molecule has 0 aromatic rings. The topological polar surface area (TPSA) is 96.2 Å². The van der Waals surface area contributed by atoms with E-state index in [1.165, 1.54) is 19.3 Å². The van der Waals surface area contributed by atoms with Crippen molar-refractivity contribution in [1.29, 1.82) is 0 Å². The molecule has 1 rings (SSSR count). The molecule has 1 aliphatic carbocycles. The van der Waals surface area contributed by atoms with Crippen molar-refractivity contribution in [2.24, 2.45) is 5.73 Å². The van der Waals surface area contributed by atoms with E-state index in [-0.39, 0.29) is 6.03 Å². The second kappa shape index (κ2) is 6.92. The van der Waals surface area contributed by atoms with E-state index in [4.69, 9.17) is 5.73 Å². The minimum atomic E-state index is -0.575. The lowest BCUT2D eigenvalue weighted by Gasteiger charge is -2.22. The van der Waals surface area contributed by atoms with Crippen LogP contribution >= 0.6 is 0 Å². The van der Waals surface area contributed by atoms with E-state index in [9.17, 15) is 9.59 Å². The number of amides is 4. The van der Waals surface area contributed by atoms with Crippen molar-refractivity contribution in [3.05, 3.63) is 0 Å². The summed E-state index contributed by atoms with van der Waals surface area (Å²) in [7, 11) is 0. The van der Waals surface area contributed by atoms with Gasteiger partial charge >= 0.3 is 12.1 Å². The predicted octanol–water partition coefficient (Wildman–Crippen LogP) is 0.287. The van der Waals surface area contributed by atoms with Crippen molar-refractivity contribution in [2.75, 3.05) is 13.1 Å². The summed E-state index contributed by atoms with van der Waals surface area (Å²) in [6.45, 7) is 0.745. The molecule has 0 aromatic carbocycles. The third-order valence-corrected chi connectivity index (χ3v) is 2.65. The molecular weight excluding hydrogens is 208 g/mol. The minimum absolute atomic E-state index is 0.168. The summed E-state index contributed by atoms with van der Waals surface area (Å²) in [6.07, 6.45) is 5.77. The zero-order valence-electron chi connectivity index (χ0n) is 9.42. The zero-order valence-corrected chi connectivity index (χ0v) is 9.42. The Hall–Kier alpha value is -1.46. The summed E-state index contributed by atoms with van der Waals surface area (Å²) < 4.78 is 0. The van der Waals surface area contributed by atoms with Crippen molar-refractivity contribution in [3.8, 4) is 0 Å². The Kier molecular flexibility index (Phi) is 5.45. The molecular formula is C10H20N4O2. The zero-order chi connectivity index (χ0) is 11.8. The number of hydrogen-bond donors (Lipinski definition) is 4. The molecule has 1 saturated carbocycles. The van der Waals surface area contributed by atoms with E-state index in [0.29, 0.717) is 19.1 Å². The normalized spacial score (nSPS) is 16.5. The number of hydrogen-bond acceptors (Lipinski definition) is 2. The Morgan fingerprint density at radius 2 is 1.69 bits per heavy atom. The lowest BCUT2D eigenvalue weighted by atomic mass is 9.96. The van der Waals surface area contributed by atoms with Gasteiger partial charge in [0.05, 0.1) is 0 Å². The average molecular weight is 228 g/mol. The molecule has 0 unspecified atom stereocenters. The van der Waals surface area contributed by atoms with E-state index in [2.05, 4.69) is 16.0 Å². The molecule has 1 aliphatic rings. The third-order valence-electron chi connectivity index (χ3n) is 2.65.